The molecule has 6 rings (SSSR count). The molecule has 0 bridgehead atoms. The van der Waals surface area contributed by atoms with Crippen molar-refractivity contribution in [3.05, 3.63) is 0 Å². The van der Waals surface area contributed by atoms with E-state index in [9.17, 15) is 48.3 Å². The molecule has 0 spiro atoms. The lowest BCUT2D eigenvalue weighted by Gasteiger charge is -2.62. The van der Waals surface area contributed by atoms with Gasteiger partial charge in [-0.15, -0.1) is 0 Å². The molecule has 22 heteroatoms. The van der Waals surface area contributed by atoms with E-state index < -0.39 is 139 Å². The van der Waals surface area contributed by atoms with E-state index in [1.54, 1.807) is 0 Å². The maximum Gasteiger partial charge on any atom is 0.339 e. The highest BCUT2D eigenvalue weighted by atomic mass is 16.8. The zero-order chi connectivity index (χ0) is 50.9. The van der Waals surface area contributed by atoms with Gasteiger partial charge >= 0.3 is 47.8 Å². The smallest absolute Gasteiger partial charge is 0.339 e. The third-order valence-electron chi connectivity index (χ3n) is 15.3. The predicted molar refractivity (Wildman–Crippen MR) is 227 cm³/mol. The molecule has 0 radical (unpaired) electrons. The number of carbonyl (C=O) groups excluding carboxylic acids is 9. The molecule has 22 nitrogen and oxygen atoms in total. The van der Waals surface area contributed by atoms with Gasteiger partial charge in [-0.3, -0.25) is 33.6 Å². The van der Waals surface area contributed by atoms with E-state index in [0.29, 0.717) is 38.5 Å². The third-order valence-corrected chi connectivity index (χ3v) is 15.3. The number of methoxy groups -OCH3 is 2. The normalized spacial score (nSPS) is 40.2. The second kappa shape index (κ2) is 21.7. The van der Waals surface area contributed by atoms with E-state index in [1.807, 2.05) is 6.92 Å². The Morgan fingerprint density at radius 2 is 1.03 bits per heavy atom. The van der Waals surface area contributed by atoms with Crippen LogP contribution in [0.3, 0.4) is 0 Å². The highest BCUT2D eigenvalue weighted by Crippen LogP contribution is 2.67. The van der Waals surface area contributed by atoms with Gasteiger partial charge in [0.25, 0.3) is 0 Å². The number of ketones is 1. The van der Waals surface area contributed by atoms with Crippen LogP contribution in [-0.2, 0) is 100.0 Å². The second-order valence-electron chi connectivity index (χ2n) is 19.6. The van der Waals surface area contributed by atoms with Gasteiger partial charge in [0.05, 0.1) is 26.4 Å². The number of Topliss-reactive ketones (excluding diaryl/α,β-unsaturated/α-hetero) is 1. The summed E-state index contributed by atoms with van der Waals surface area (Å²) >= 11 is 0. The summed E-state index contributed by atoms with van der Waals surface area (Å²) in [7, 11) is 2.18. The van der Waals surface area contributed by atoms with Crippen LogP contribution < -0.4 is 0 Å². The SMILES string of the molecule is COC(=O)[C@H]1O[C@H](OCC(=O)[C@H]2CC[C@H]3[C@H]4CC[C@@H]5C[C@H](O[C@@H]6O[C@@H](C(=O)OC)[C@@H](OC(C)=O)[C@H](OC(C)=O)[C@H]6OC(C)=O)CC[C@@]5(C)[C@@H]4[C@@H](O)C[C@@]23C)[C@@H](OC(C)=O)[C@H](OC(C)=O)[C@H]1OC(C)=O. The summed E-state index contributed by atoms with van der Waals surface area (Å²) in [6, 6.07) is 0. The van der Waals surface area contributed by atoms with E-state index in [1.165, 1.54) is 0 Å². The quantitative estimate of drug-likeness (QED) is 0.148. The molecule has 2 aliphatic heterocycles. The van der Waals surface area contributed by atoms with Gasteiger partial charge in [-0.2, -0.15) is 0 Å². The van der Waals surface area contributed by atoms with Gasteiger partial charge in [-0.05, 0) is 85.9 Å². The first-order valence-corrected chi connectivity index (χ1v) is 23.4. The minimum Gasteiger partial charge on any atom is -0.467 e. The number of ether oxygens (including phenoxy) is 12. The van der Waals surface area contributed by atoms with E-state index in [2.05, 4.69) is 6.92 Å². The Kier molecular flexibility index (Phi) is 16.8. The van der Waals surface area contributed by atoms with Crippen molar-refractivity contribution in [2.24, 2.45) is 40.4 Å². The minimum absolute atomic E-state index is 0.0553. The summed E-state index contributed by atoms with van der Waals surface area (Å²) in [5, 5.41) is 12.3. The van der Waals surface area contributed by atoms with Crippen LogP contribution in [0.2, 0.25) is 0 Å². The van der Waals surface area contributed by atoms with Crippen LogP contribution in [0.1, 0.15) is 107 Å². The number of carbonyl (C=O) groups is 9. The molecule has 69 heavy (non-hydrogen) atoms. The molecule has 0 unspecified atom stereocenters. The van der Waals surface area contributed by atoms with Gasteiger partial charge < -0.3 is 61.9 Å². The zero-order valence-electron chi connectivity index (χ0n) is 40.7. The molecule has 19 atom stereocenters. The maximum absolute atomic E-state index is 14.3. The van der Waals surface area contributed by atoms with E-state index in [0.717, 1.165) is 68.6 Å². The van der Waals surface area contributed by atoms with Crippen molar-refractivity contribution >= 4 is 53.5 Å². The Bertz CT molecular complexity index is 1990. The first-order chi connectivity index (χ1) is 32.4. The number of hydrogen-bond acceptors (Lipinski definition) is 22. The lowest BCUT2D eigenvalue weighted by Crippen LogP contribution is -2.64. The standard InChI is InChI=1S/C47H66O22/c1-20(48)61-34-36(63-22(3)50)40(65-24(5)52)44(68-38(34)42(56)58-9)60-19-32(55)30-14-13-29-28-12-11-26-17-27(15-16-46(26,7)33(28)31(54)18-47(29,30)8)67-45-41(66-25(6)53)37(64-23(4)51)35(62-21(2)49)39(69-45)43(57)59-10/h26-31,33-41,44-45,54H,11-19H2,1-10H3/t26-,27-,28-,29+,30-,31+,33+,34-,35+,36-,37+,38+,39-,40+,41-,44+,45-,46-,47-/m1/s1. The zero-order valence-corrected chi connectivity index (χ0v) is 40.7. The van der Waals surface area contributed by atoms with Crippen molar-refractivity contribution < 1.29 is 105 Å². The summed E-state index contributed by atoms with van der Waals surface area (Å²) in [6.45, 7) is 10.2. The monoisotopic (exact) mass is 982 g/mol. The number of rotatable bonds is 14. The third kappa shape index (κ3) is 11.2. The summed E-state index contributed by atoms with van der Waals surface area (Å²) in [5.41, 5.74) is -0.986. The Labute approximate surface area is 399 Å². The highest BCUT2D eigenvalue weighted by molar-refractivity contribution is 5.83. The molecule has 4 saturated carbocycles. The fraction of sp³-hybridized carbons (Fsp3) is 0.809. The molecule has 2 saturated heterocycles. The topological polar surface area (TPSA) is 285 Å². The molecule has 0 aromatic heterocycles. The summed E-state index contributed by atoms with van der Waals surface area (Å²) in [5.74, 6) is -7.70. The first kappa shape index (κ1) is 53.6. The lowest BCUT2D eigenvalue weighted by molar-refractivity contribution is -0.315. The van der Waals surface area contributed by atoms with Crippen LogP contribution in [0.5, 0.6) is 0 Å². The predicted octanol–water partition coefficient (Wildman–Crippen LogP) is 1.97. The van der Waals surface area contributed by atoms with Crippen molar-refractivity contribution in [3.8, 4) is 0 Å². The Balaban J connectivity index is 1.16. The maximum atomic E-state index is 14.3. The molecule has 0 aromatic carbocycles. The first-order valence-electron chi connectivity index (χ1n) is 23.4. The summed E-state index contributed by atoms with van der Waals surface area (Å²) in [6.07, 6.45) is -12.1. The fourth-order valence-corrected chi connectivity index (χ4v) is 12.9. The molecule has 0 aromatic rings. The van der Waals surface area contributed by atoms with E-state index in [4.69, 9.17) is 56.8 Å². The second-order valence-corrected chi connectivity index (χ2v) is 19.6. The van der Waals surface area contributed by atoms with Crippen molar-refractivity contribution in [1.82, 2.24) is 0 Å². The van der Waals surface area contributed by atoms with Crippen molar-refractivity contribution in [2.45, 2.75) is 180 Å². The van der Waals surface area contributed by atoms with Gasteiger partial charge in [0.15, 0.2) is 67.2 Å². The van der Waals surface area contributed by atoms with Gasteiger partial charge in [-0.1, -0.05) is 13.8 Å². The number of hydrogen-bond donors (Lipinski definition) is 1. The van der Waals surface area contributed by atoms with Gasteiger partial charge in [0.1, 0.15) is 6.61 Å². The van der Waals surface area contributed by atoms with Crippen LogP contribution >= 0.6 is 0 Å². The van der Waals surface area contributed by atoms with Crippen LogP contribution in [0.4, 0.5) is 0 Å². The summed E-state index contributed by atoms with van der Waals surface area (Å²) in [4.78, 5) is 114. The van der Waals surface area contributed by atoms with E-state index >= 15 is 0 Å². The fourth-order valence-electron chi connectivity index (χ4n) is 12.9. The van der Waals surface area contributed by atoms with Crippen molar-refractivity contribution in [3.63, 3.8) is 0 Å². The van der Waals surface area contributed by atoms with E-state index in [-0.39, 0.29) is 34.9 Å². The van der Waals surface area contributed by atoms with Gasteiger partial charge in [-0.25, -0.2) is 9.59 Å². The summed E-state index contributed by atoms with van der Waals surface area (Å²) < 4.78 is 67.0. The van der Waals surface area contributed by atoms with Gasteiger partial charge in [0.2, 0.25) is 0 Å². The number of aliphatic hydroxyl groups excluding tert-OH is 1. The van der Waals surface area contributed by atoms with Crippen LogP contribution in [0, 0.1) is 40.4 Å². The Morgan fingerprint density at radius 1 is 0.565 bits per heavy atom. The Hall–Kier alpha value is -4.77. The van der Waals surface area contributed by atoms with Crippen LogP contribution in [0.25, 0.3) is 0 Å². The molecule has 6 fully saturated rings. The average molecular weight is 983 g/mol. The number of aliphatic hydroxyl groups is 1. The number of esters is 8. The Morgan fingerprint density at radius 3 is 1.52 bits per heavy atom. The molecule has 1 N–H and O–H groups in total. The van der Waals surface area contributed by atoms with Crippen LogP contribution in [-0.4, -0.2) is 153 Å². The minimum atomic E-state index is -1.69. The molecular weight excluding hydrogens is 916 g/mol. The molecule has 6 aliphatic rings. The van der Waals surface area contributed by atoms with Crippen molar-refractivity contribution in [2.75, 3.05) is 20.8 Å². The molecule has 0 amide bonds. The van der Waals surface area contributed by atoms with Crippen molar-refractivity contribution in [1.29, 1.82) is 0 Å². The largest absolute Gasteiger partial charge is 0.467 e. The molecule has 2 heterocycles. The molecule has 4 aliphatic carbocycles. The highest BCUT2D eigenvalue weighted by Gasteiger charge is 2.65. The average Bonchev–Trinajstić information content (AvgIpc) is 3.61. The van der Waals surface area contributed by atoms with Gasteiger partial charge in [0, 0.05) is 47.5 Å². The lowest BCUT2D eigenvalue weighted by atomic mass is 9.44. The molecule has 386 valence electrons. The van der Waals surface area contributed by atoms with Crippen LogP contribution in [0.15, 0.2) is 0 Å². The molecular formula is C47H66O22. The number of fused-ring (bicyclic) bond motifs is 5.